The summed E-state index contributed by atoms with van der Waals surface area (Å²) in [4.78, 5) is 4.20. The minimum absolute atomic E-state index is 0.167. The summed E-state index contributed by atoms with van der Waals surface area (Å²) in [6, 6.07) is 3.83. The average Bonchev–Trinajstić information content (AvgIpc) is 2.30. The Kier molecular flexibility index (Phi) is 6.80. The minimum atomic E-state index is 0.167. The van der Waals surface area contributed by atoms with Crippen molar-refractivity contribution in [2.24, 2.45) is 0 Å². The second-order valence-corrected chi connectivity index (χ2v) is 4.86. The highest BCUT2D eigenvalue weighted by Crippen LogP contribution is 2.24. The van der Waals surface area contributed by atoms with Crippen LogP contribution < -0.4 is 5.32 Å². The molecule has 0 aliphatic heterocycles. The Hall–Kier alpha value is -0.290. The van der Waals surface area contributed by atoms with E-state index in [1.807, 2.05) is 19.1 Å². The van der Waals surface area contributed by atoms with Gasteiger partial charge in [0.2, 0.25) is 0 Å². The molecule has 0 fully saturated rings. The standard InChI is InChI=1S/C11H17ClN2OS/c1-2-13-9(8-15)5-7-16-11-10(12)4-3-6-14-11/h3-4,6,9,13,15H,2,5,7-8H2,1H3. The van der Waals surface area contributed by atoms with Gasteiger partial charge in [-0.05, 0) is 25.1 Å². The van der Waals surface area contributed by atoms with E-state index in [0.29, 0.717) is 5.02 Å². The highest BCUT2D eigenvalue weighted by atomic mass is 35.5. The monoisotopic (exact) mass is 260 g/mol. The lowest BCUT2D eigenvalue weighted by Crippen LogP contribution is -2.32. The first-order valence-electron chi connectivity index (χ1n) is 5.35. The molecule has 90 valence electrons. The molecule has 1 atom stereocenters. The van der Waals surface area contributed by atoms with Crippen molar-refractivity contribution in [3.05, 3.63) is 23.4 Å². The number of aromatic nitrogens is 1. The zero-order chi connectivity index (χ0) is 11.8. The first kappa shape index (κ1) is 13.8. The van der Waals surface area contributed by atoms with E-state index in [0.717, 1.165) is 23.7 Å². The third-order valence-electron chi connectivity index (χ3n) is 2.14. The highest BCUT2D eigenvalue weighted by molar-refractivity contribution is 7.99. The van der Waals surface area contributed by atoms with Crippen molar-refractivity contribution in [3.63, 3.8) is 0 Å². The summed E-state index contributed by atoms with van der Waals surface area (Å²) in [6.45, 7) is 3.08. The topological polar surface area (TPSA) is 45.1 Å². The maximum Gasteiger partial charge on any atom is 0.115 e. The lowest BCUT2D eigenvalue weighted by atomic mass is 10.2. The number of halogens is 1. The molecule has 3 nitrogen and oxygen atoms in total. The van der Waals surface area contributed by atoms with Crippen LogP contribution in [-0.2, 0) is 0 Å². The Morgan fingerprint density at radius 1 is 1.62 bits per heavy atom. The molecule has 16 heavy (non-hydrogen) atoms. The second-order valence-electron chi connectivity index (χ2n) is 3.36. The largest absolute Gasteiger partial charge is 0.395 e. The second kappa shape index (κ2) is 7.90. The fourth-order valence-electron chi connectivity index (χ4n) is 1.32. The molecule has 1 aromatic heterocycles. The summed E-state index contributed by atoms with van der Waals surface area (Å²) in [7, 11) is 0. The molecule has 0 aliphatic carbocycles. The number of likely N-dealkylation sites (N-methyl/N-ethyl adjacent to an activating group) is 1. The molecule has 0 aliphatic rings. The smallest absolute Gasteiger partial charge is 0.115 e. The van der Waals surface area contributed by atoms with E-state index in [9.17, 15) is 0 Å². The maximum absolute atomic E-state index is 9.10. The summed E-state index contributed by atoms with van der Waals surface area (Å²) in [5.74, 6) is 0.898. The number of nitrogens with zero attached hydrogens (tertiary/aromatic N) is 1. The van der Waals surface area contributed by atoms with Gasteiger partial charge in [-0.3, -0.25) is 0 Å². The Morgan fingerprint density at radius 3 is 3.06 bits per heavy atom. The fraction of sp³-hybridized carbons (Fsp3) is 0.545. The van der Waals surface area contributed by atoms with Crippen molar-refractivity contribution in [2.45, 2.75) is 24.4 Å². The summed E-state index contributed by atoms with van der Waals surface area (Å²) < 4.78 is 0. The summed E-state index contributed by atoms with van der Waals surface area (Å²) in [6.07, 6.45) is 2.64. The summed E-state index contributed by atoms with van der Waals surface area (Å²) >= 11 is 7.61. The molecule has 0 aromatic carbocycles. The van der Waals surface area contributed by atoms with E-state index in [4.69, 9.17) is 16.7 Å². The van der Waals surface area contributed by atoms with Gasteiger partial charge in [-0.2, -0.15) is 0 Å². The van der Waals surface area contributed by atoms with E-state index >= 15 is 0 Å². The van der Waals surface area contributed by atoms with Gasteiger partial charge in [0, 0.05) is 18.0 Å². The normalized spacial score (nSPS) is 12.7. The lowest BCUT2D eigenvalue weighted by molar-refractivity contribution is 0.242. The molecule has 1 heterocycles. The summed E-state index contributed by atoms with van der Waals surface area (Å²) in [5.41, 5.74) is 0. The van der Waals surface area contributed by atoms with Gasteiger partial charge in [0.05, 0.1) is 11.6 Å². The van der Waals surface area contributed by atoms with Crippen LogP contribution in [0.3, 0.4) is 0 Å². The molecule has 5 heteroatoms. The zero-order valence-electron chi connectivity index (χ0n) is 9.32. The van der Waals surface area contributed by atoms with Gasteiger partial charge in [-0.15, -0.1) is 11.8 Å². The number of hydrogen-bond acceptors (Lipinski definition) is 4. The molecule has 2 N–H and O–H groups in total. The third-order valence-corrected chi connectivity index (χ3v) is 3.60. The molecule has 1 rings (SSSR count). The number of rotatable bonds is 7. The number of aliphatic hydroxyl groups excluding tert-OH is 1. The molecule has 0 spiro atoms. The van der Waals surface area contributed by atoms with Gasteiger partial charge in [-0.25, -0.2) is 4.98 Å². The number of pyridine rings is 1. The highest BCUT2D eigenvalue weighted by Gasteiger charge is 2.07. The minimum Gasteiger partial charge on any atom is -0.395 e. The van der Waals surface area contributed by atoms with Crippen LogP contribution in [0.2, 0.25) is 5.02 Å². The molecule has 0 radical (unpaired) electrons. The van der Waals surface area contributed by atoms with Crippen molar-refractivity contribution < 1.29 is 5.11 Å². The molecule has 0 amide bonds. The van der Waals surface area contributed by atoms with E-state index in [1.54, 1.807) is 18.0 Å². The Bertz CT molecular complexity index is 312. The van der Waals surface area contributed by atoms with Crippen LogP contribution in [0, 0.1) is 0 Å². The van der Waals surface area contributed by atoms with Crippen LogP contribution in [0.25, 0.3) is 0 Å². The number of thioether (sulfide) groups is 1. The van der Waals surface area contributed by atoms with Gasteiger partial charge >= 0.3 is 0 Å². The molecular weight excluding hydrogens is 244 g/mol. The molecule has 0 saturated carbocycles. The van der Waals surface area contributed by atoms with Gasteiger partial charge in [0.25, 0.3) is 0 Å². The predicted molar refractivity (Wildman–Crippen MR) is 69.1 cm³/mol. The van der Waals surface area contributed by atoms with E-state index in [-0.39, 0.29) is 12.6 Å². The third kappa shape index (κ3) is 4.70. The average molecular weight is 261 g/mol. The molecule has 1 unspecified atom stereocenters. The molecule has 0 saturated heterocycles. The fourth-order valence-corrected chi connectivity index (χ4v) is 2.54. The van der Waals surface area contributed by atoms with Crippen molar-refractivity contribution >= 4 is 23.4 Å². The molecule has 1 aromatic rings. The van der Waals surface area contributed by atoms with Gasteiger partial charge in [0.1, 0.15) is 5.03 Å². The quantitative estimate of drug-likeness (QED) is 0.738. The van der Waals surface area contributed by atoms with E-state index in [2.05, 4.69) is 10.3 Å². The van der Waals surface area contributed by atoms with Gasteiger partial charge in [-0.1, -0.05) is 18.5 Å². The van der Waals surface area contributed by atoms with Crippen LogP contribution in [0.1, 0.15) is 13.3 Å². The van der Waals surface area contributed by atoms with Gasteiger partial charge < -0.3 is 10.4 Å². The van der Waals surface area contributed by atoms with Crippen LogP contribution in [0.4, 0.5) is 0 Å². The molecule has 0 bridgehead atoms. The van der Waals surface area contributed by atoms with Crippen LogP contribution in [0.5, 0.6) is 0 Å². The van der Waals surface area contributed by atoms with Crippen LogP contribution in [0.15, 0.2) is 23.4 Å². The predicted octanol–water partition coefficient (Wildman–Crippen LogP) is 2.19. The van der Waals surface area contributed by atoms with Gasteiger partial charge in [0.15, 0.2) is 0 Å². The summed E-state index contributed by atoms with van der Waals surface area (Å²) in [5, 5.41) is 13.9. The lowest BCUT2D eigenvalue weighted by Gasteiger charge is -2.14. The number of aliphatic hydroxyl groups is 1. The maximum atomic E-state index is 9.10. The number of nitrogens with one attached hydrogen (secondary N) is 1. The van der Waals surface area contributed by atoms with Crippen molar-refractivity contribution in [1.29, 1.82) is 0 Å². The van der Waals surface area contributed by atoms with E-state index < -0.39 is 0 Å². The zero-order valence-corrected chi connectivity index (χ0v) is 10.9. The number of hydrogen-bond donors (Lipinski definition) is 2. The van der Waals surface area contributed by atoms with Crippen molar-refractivity contribution in [1.82, 2.24) is 10.3 Å². The van der Waals surface area contributed by atoms with Crippen LogP contribution in [-0.4, -0.2) is 35.0 Å². The van der Waals surface area contributed by atoms with Crippen molar-refractivity contribution in [2.75, 3.05) is 18.9 Å². The Labute approximate surface area is 106 Å². The van der Waals surface area contributed by atoms with E-state index in [1.165, 1.54) is 0 Å². The Balaban J connectivity index is 2.32. The van der Waals surface area contributed by atoms with Crippen LogP contribution >= 0.6 is 23.4 Å². The SMILES string of the molecule is CCNC(CO)CCSc1ncccc1Cl. The molecular formula is C11H17ClN2OS. The van der Waals surface area contributed by atoms with Crippen molar-refractivity contribution in [3.8, 4) is 0 Å². The first-order valence-corrected chi connectivity index (χ1v) is 6.71. The first-order chi connectivity index (χ1) is 7.77. The Morgan fingerprint density at radius 2 is 2.44 bits per heavy atom.